The second-order valence-corrected chi connectivity index (χ2v) is 6.35. The SMILES string of the molecule is Cn1c(=O)oc2cc(C(=O)CN3CCN(c4ccccn4)CC3)cnc21. The number of aryl methyl sites for hydroxylation is 1. The summed E-state index contributed by atoms with van der Waals surface area (Å²) in [5, 5.41) is 0. The van der Waals surface area contributed by atoms with E-state index in [2.05, 4.69) is 19.8 Å². The molecule has 0 aromatic carbocycles. The van der Waals surface area contributed by atoms with E-state index in [9.17, 15) is 9.59 Å². The summed E-state index contributed by atoms with van der Waals surface area (Å²) in [7, 11) is 1.59. The van der Waals surface area contributed by atoms with Crippen LogP contribution in [0, 0.1) is 0 Å². The normalized spacial score (nSPS) is 15.5. The van der Waals surface area contributed by atoms with Gasteiger partial charge < -0.3 is 9.32 Å². The van der Waals surface area contributed by atoms with Gasteiger partial charge in [0, 0.05) is 51.2 Å². The summed E-state index contributed by atoms with van der Waals surface area (Å²) in [5.74, 6) is 0.451. The van der Waals surface area contributed by atoms with E-state index in [4.69, 9.17) is 4.42 Å². The Kier molecular flexibility index (Phi) is 4.26. The van der Waals surface area contributed by atoms with E-state index in [-0.39, 0.29) is 5.78 Å². The van der Waals surface area contributed by atoms with Crippen molar-refractivity contribution in [2.75, 3.05) is 37.6 Å². The van der Waals surface area contributed by atoms with Crippen LogP contribution in [0.15, 0.2) is 45.9 Å². The van der Waals surface area contributed by atoms with Crippen molar-refractivity contribution in [1.82, 2.24) is 19.4 Å². The number of carbonyl (C=O) groups excluding carboxylic acids is 1. The second kappa shape index (κ2) is 6.72. The number of oxazole rings is 1. The number of fused-ring (bicyclic) bond motifs is 1. The summed E-state index contributed by atoms with van der Waals surface area (Å²) in [4.78, 5) is 37.0. The van der Waals surface area contributed by atoms with Crippen molar-refractivity contribution in [2.45, 2.75) is 0 Å². The van der Waals surface area contributed by atoms with Gasteiger partial charge in [-0.1, -0.05) is 6.07 Å². The Hall–Kier alpha value is -3.00. The number of anilines is 1. The average molecular weight is 353 g/mol. The average Bonchev–Trinajstić information content (AvgIpc) is 2.96. The molecule has 0 atom stereocenters. The van der Waals surface area contributed by atoms with Crippen molar-refractivity contribution >= 4 is 22.8 Å². The molecule has 0 aliphatic carbocycles. The molecule has 0 saturated carbocycles. The van der Waals surface area contributed by atoms with E-state index in [0.29, 0.717) is 23.3 Å². The predicted molar refractivity (Wildman–Crippen MR) is 96.5 cm³/mol. The highest BCUT2D eigenvalue weighted by atomic mass is 16.4. The van der Waals surface area contributed by atoms with Gasteiger partial charge in [0.25, 0.3) is 0 Å². The first kappa shape index (κ1) is 16.5. The third kappa shape index (κ3) is 3.11. The molecule has 0 radical (unpaired) electrons. The third-order valence-corrected chi connectivity index (χ3v) is 4.66. The summed E-state index contributed by atoms with van der Waals surface area (Å²) in [6.45, 7) is 3.56. The number of carbonyl (C=O) groups is 1. The molecule has 134 valence electrons. The Bertz CT molecular complexity index is 987. The number of piperazine rings is 1. The minimum atomic E-state index is -0.484. The van der Waals surface area contributed by atoms with Crippen LogP contribution in [0.4, 0.5) is 5.82 Å². The Morgan fingerprint density at radius 1 is 1.19 bits per heavy atom. The molecule has 0 unspecified atom stereocenters. The van der Waals surface area contributed by atoms with Gasteiger partial charge in [-0.2, -0.15) is 0 Å². The van der Waals surface area contributed by atoms with E-state index >= 15 is 0 Å². The van der Waals surface area contributed by atoms with E-state index in [1.54, 1.807) is 19.3 Å². The van der Waals surface area contributed by atoms with E-state index in [1.807, 2.05) is 18.2 Å². The van der Waals surface area contributed by atoms with Crippen molar-refractivity contribution in [3.05, 3.63) is 52.8 Å². The summed E-state index contributed by atoms with van der Waals surface area (Å²) in [6, 6.07) is 7.47. The third-order valence-electron chi connectivity index (χ3n) is 4.66. The van der Waals surface area contributed by atoms with Crippen LogP contribution in [0.1, 0.15) is 10.4 Å². The van der Waals surface area contributed by atoms with Gasteiger partial charge in [-0.3, -0.25) is 14.3 Å². The highest BCUT2D eigenvalue weighted by Gasteiger charge is 2.21. The van der Waals surface area contributed by atoms with Gasteiger partial charge in [-0.15, -0.1) is 0 Å². The molecule has 0 bridgehead atoms. The highest BCUT2D eigenvalue weighted by molar-refractivity contribution is 5.99. The van der Waals surface area contributed by atoms with Crippen molar-refractivity contribution in [2.24, 2.45) is 7.05 Å². The van der Waals surface area contributed by atoms with Crippen LogP contribution < -0.4 is 10.7 Å². The number of ketones is 1. The first-order valence-corrected chi connectivity index (χ1v) is 8.49. The highest BCUT2D eigenvalue weighted by Crippen LogP contribution is 2.15. The lowest BCUT2D eigenvalue weighted by Gasteiger charge is -2.34. The fourth-order valence-corrected chi connectivity index (χ4v) is 3.14. The fraction of sp³-hybridized carbons (Fsp3) is 0.333. The molecule has 0 N–H and O–H groups in total. The monoisotopic (exact) mass is 353 g/mol. The molecular formula is C18H19N5O3. The summed E-state index contributed by atoms with van der Waals surface area (Å²) in [6.07, 6.45) is 3.29. The Balaban J connectivity index is 1.40. The quantitative estimate of drug-likeness (QED) is 0.645. The van der Waals surface area contributed by atoms with Crippen LogP contribution in [0.5, 0.6) is 0 Å². The minimum absolute atomic E-state index is 0.0304. The molecule has 3 aromatic rings. The number of hydrogen-bond donors (Lipinski definition) is 0. The zero-order valence-electron chi connectivity index (χ0n) is 14.5. The lowest BCUT2D eigenvalue weighted by molar-refractivity contribution is 0.0926. The number of hydrogen-bond acceptors (Lipinski definition) is 7. The van der Waals surface area contributed by atoms with Gasteiger partial charge in [-0.05, 0) is 18.2 Å². The van der Waals surface area contributed by atoms with Gasteiger partial charge in [0.1, 0.15) is 5.82 Å². The lowest BCUT2D eigenvalue weighted by Crippen LogP contribution is -2.48. The van der Waals surface area contributed by atoms with Crippen LogP contribution in [0.3, 0.4) is 0 Å². The van der Waals surface area contributed by atoms with Gasteiger partial charge >= 0.3 is 5.76 Å². The van der Waals surface area contributed by atoms with Crippen molar-refractivity contribution in [3.63, 3.8) is 0 Å². The first-order chi connectivity index (χ1) is 12.6. The van der Waals surface area contributed by atoms with Crippen molar-refractivity contribution in [1.29, 1.82) is 0 Å². The molecule has 1 aliphatic heterocycles. The first-order valence-electron chi connectivity index (χ1n) is 8.49. The molecule has 8 heteroatoms. The number of aromatic nitrogens is 3. The van der Waals surface area contributed by atoms with Crippen LogP contribution in [0.25, 0.3) is 11.2 Å². The van der Waals surface area contributed by atoms with Crippen LogP contribution in [-0.2, 0) is 7.05 Å². The topological polar surface area (TPSA) is 84.5 Å². The molecule has 4 rings (SSSR count). The smallest absolute Gasteiger partial charge is 0.406 e. The molecule has 26 heavy (non-hydrogen) atoms. The standard InChI is InChI=1S/C18H19N5O3/c1-21-17-15(26-18(21)25)10-13(11-20-17)14(24)12-22-6-8-23(9-7-22)16-4-2-3-5-19-16/h2-5,10-11H,6-9,12H2,1H3. The minimum Gasteiger partial charge on any atom is -0.406 e. The van der Waals surface area contributed by atoms with E-state index in [1.165, 1.54) is 10.8 Å². The molecular weight excluding hydrogens is 334 g/mol. The van der Waals surface area contributed by atoms with E-state index in [0.717, 1.165) is 32.0 Å². The van der Waals surface area contributed by atoms with Crippen LogP contribution in [-0.4, -0.2) is 57.9 Å². The Morgan fingerprint density at radius 2 is 2.00 bits per heavy atom. The number of pyridine rings is 2. The predicted octanol–water partition coefficient (Wildman–Crippen LogP) is 0.926. The maximum Gasteiger partial charge on any atom is 0.420 e. The summed E-state index contributed by atoms with van der Waals surface area (Å²) >= 11 is 0. The molecule has 8 nitrogen and oxygen atoms in total. The number of nitrogens with zero attached hydrogens (tertiary/aromatic N) is 5. The maximum atomic E-state index is 12.6. The molecule has 3 aromatic heterocycles. The fourth-order valence-electron chi connectivity index (χ4n) is 3.14. The van der Waals surface area contributed by atoms with Gasteiger partial charge in [0.15, 0.2) is 17.0 Å². The zero-order valence-corrected chi connectivity index (χ0v) is 14.5. The van der Waals surface area contributed by atoms with Gasteiger partial charge in [0.05, 0.1) is 6.54 Å². The van der Waals surface area contributed by atoms with Crippen LogP contribution in [0.2, 0.25) is 0 Å². The van der Waals surface area contributed by atoms with Gasteiger partial charge in [0.2, 0.25) is 0 Å². The molecule has 1 fully saturated rings. The van der Waals surface area contributed by atoms with Crippen molar-refractivity contribution in [3.8, 4) is 0 Å². The zero-order chi connectivity index (χ0) is 18.1. The second-order valence-electron chi connectivity index (χ2n) is 6.35. The maximum absolute atomic E-state index is 12.6. The molecule has 1 saturated heterocycles. The van der Waals surface area contributed by atoms with Gasteiger partial charge in [-0.25, -0.2) is 14.8 Å². The summed E-state index contributed by atoms with van der Waals surface area (Å²) in [5.41, 5.74) is 1.23. The number of rotatable bonds is 4. The van der Waals surface area contributed by atoms with Crippen LogP contribution >= 0.6 is 0 Å². The largest absolute Gasteiger partial charge is 0.420 e. The molecule has 4 heterocycles. The summed E-state index contributed by atoms with van der Waals surface area (Å²) < 4.78 is 6.43. The van der Waals surface area contributed by atoms with E-state index < -0.39 is 5.76 Å². The molecule has 1 aliphatic rings. The van der Waals surface area contributed by atoms with Crippen molar-refractivity contribution < 1.29 is 9.21 Å². The number of Topliss-reactive ketones (excluding diaryl/α,β-unsaturated/α-hetero) is 1. The molecule has 0 spiro atoms. The Morgan fingerprint density at radius 3 is 2.73 bits per heavy atom. The molecule has 0 amide bonds. The Labute approximate surface area is 149 Å². The lowest BCUT2D eigenvalue weighted by atomic mass is 10.1.